The first-order valence-corrected chi connectivity index (χ1v) is 17.7. The molecule has 0 spiro atoms. The van der Waals surface area contributed by atoms with E-state index in [1.165, 1.54) is 23.2 Å². The third kappa shape index (κ3) is 11.4. The molecule has 2 aliphatic heterocycles. The van der Waals surface area contributed by atoms with Crippen LogP contribution in [0.3, 0.4) is 0 Å². The molecule has 0 unspecified atom stereocenters. The van der Waals surface area contributed by atoms with E-state index in [2.05, 4.69) is 45.0 Å². The summed E-state index contributed by atoms with van der Waals surface area (Å²) in [7, 11) is 0. The number of rotatable bonds is 22. The van der Waals surface area contributed by atoms with Gasteiger partial charge in [0.15, 0.2) is 0 Å². The number of piperazine rings is 1. The Kier molecular flexibility index (Phi) is 15.2. The van der Waals surface area contributed by atoms with E-state index >= 15 is 0 Å². The first-order chi connectivity index (χ1) is 22.8. The molecular weight excluding hydrogens is 606 g/mol. The number of hydrogen-bond acceptors (Lipinski definition) is 12. The number of nitrogens with zero attached hydrogens (tertiary/aromatic N) is 5. The number of fused-ring (bicyclic) bond motifs is 1. The Morgan fingerprint density at radius 1 is 0.652 bits per heavy atom. The third-order valence-electron chi connectivity index (χ3n) is 8.15. The van der Waals surface area contributed by atoms with Crippen molar-refractivity contribution in [1.82, 2.24) is 14.9 Å². The lowest BCUT2D eigenvalue weighted by Crippen LogP contribution is -2.47. The summed E-state index contributed by atoms with van der Waals surface area (Å²) in [4.78, 5) is 16.9. The monoisotopic (exact) mass is 657 g/mol. The largest absolute Gasteiger partial charge is 0.379 e. The number of benzene rings is 1. The van der Waals surface area contributed by atoms with Crippen LogP contribution >= 0.6 is 11.3 Å². The van der Waals surface area contributed by atoms with Gasteiger partial charge in [0, 0.05) is 69.9 Å². The van der Waals surface area contributed by atoms with Crippen molar-refractivity contribution >= 4 is 33.1 Å². The van der Waals surface area contributed by atoms with E-state index in [0.29, 0.717) is 66.1 Å². The smallest absolute Gasteiger partial charge is 0.128 e. The van der Waals surface area contributed by atoms with Gasteiger partial charge in [0.2, 0.25) is 0 Å². The molecule has 3 aromatic rings. The molecule has 46 heavy (non-hydrogen) atoms. The number of thiazole rings is 1. The van der Waals surface area contributed by atoms with Crippen LogP contribution in [0.15, 0.2) is 36.5 Å². The van der Waals surface area contributed by atoms with Gasteiger partial charge in [0.05, 0.1) is 82.9 Å². The van der Waals surface area contributed by atoms with Gasteiger partial charge < -0.3 is 38.2 Å². The maximum atomic E-state index is 5.81. The highest BCUT2D eigenvalue weighted by molar-refractivity contribution is 7.21. The Hall–Kier alpha value is -2.42. The molecule has 0 bridgehead atoms. The van der Waals surface area contributed by atoms with Crippen LogP contribution in [-0.2, 0) is 28.4 Å². The molecule has 0 N–H and O–H groups in total. The molecule has 4 heterocycles. The second kappa shape index (κ2) is 20.1. The van der Waals surface area contributed by atoms with E-state index in [4.69, 9.17) is 38.4 Å². The van der Waals surface area contributed by atoms with Crippen LogP contribution in [0.1, 0.15) is 19.8 Å². The van der Waals surface area contributed by atoms with Crippen LogP contribution in [0.2, 0.25) is 0 Å². The minimum atomic E-state index is 0.554. The molecule has 5 rings (SSSR count). The Balaban J connectivity index is 0.882. The number of anilines is 2. The van der Waals surface area contributed by atoms with Crippen LogP contribution in [0.5, 0.6) is 0 Å². The maximum absolute atomic E-state index is 5.81. The fourth-order valence-corrected chi connectivity index (χ4v) is 6.54. The van der Waals surface area contributed by atoms with E-state index in [0.717, 1.165) is 80.9 Å². The van der Waals surface area contributed by atoms with Gasteiger partial charge in [-0.2, -0.15) is 0 Å². The standard InChI is InChI=1S/C34H51N5O6S/c1-2-40-17-18-42-21-22-44-25-26-45-24-23-43-20-19-41-16-15-37-11-13-38(14-12-37)30-6-7-31-32(27-30)46-34(36-31)29-5-8-33(35-28-29)39-9-3-4-10-39/h5-8,27-28H,2-4,9-26H2,1H3. The molecule has 12 heteroatoms. The van der Waals surface area contributed by atoms with Crippen LogP contribution in [-0.4, -0.2) is 140 Å². The van der Waals surface area contributed by atoms with Crippen molar-refractivity contribution in [2.45, 2.75) is 19.8 Å². The number of pyridine rings is 1. The van der Waals surface area contributed by atoms with Gasteiger partial charge in [-0.05, 0) is 50.1 Å². The molecule has 0 amide bonds. The van der Waals surface area contributed by atoms with Crippen molar-refractivity contribution in [2.24, 2.45) is 0 Å². The molecular formula is C34H51N5O6S. The highest BCUT2D eigenvalue weighted by Gasteiger charge is 2.18. The average molecular weight is 658 g/mol. The van der Waals surface area contributed by atoms with Crippen LogP contribution in [0, 0.1) is 0 Å². The van der Waals surface area contributed by atoms with Gasteiger partial charge in [0.25, 0.3) is 0 Å². The first-order valence-electron chi connectivity index (χ1n) is 16.9. The summed E-state index contributed by atoms with van der Waals surface area (Å²) < 4.78 is 34.2. The SMILES string of the molecule is CCOCCOCCOCCOCCOCCOCCN1CCN(c2ccc3nc(-c4ccc(N5CCCC5)nc4)sc3c2)CC1. The quantitative estimate of drug-likeness (QED) is 0.146. The molecule has 11 nitrogen and oxygen atoms in total. The number of ether oxygens (including phenoxy) is 6. The van der Waals surface area contributed by atoms with E-state index in [1.807, 2.05) is 13.1 Å². The lowest BCUT2D eigenvalue weighted by atomic mass is 10.2. The molecule has 0 aliphatic carbocycles. The van der Waals surface area contributed by atoms with E-state index < -0.39 is 0 Å². The fraction of sp³-hybridized carbons (Fsp3) is 0.647. The van der Waals surface area contributed by atoms with Gasteiger partial charge in [0.1, 0.15) is 10.8 Å². The van der Waals surface area contributed by atoms with Crippen LogP contribution in [0.25, 0.3) is 20.8 Å². The highest BCUT2D eigenvalue weighted by Crippen LogP contribution is 2.33. The van der Waals surface area contributed by atoms with Crippen LogP contribution in [0.4, 0.5) is 11.5 Å². The first kappa shape index (κ1) is 34.9. The van der Waals surface area contributed by atoms with Gasteiger partial charge in [-0.25, -0.2) is 9.97 Å². The topological polar surface area (TPSA) is 90.9 Å². The van der Waals surface area contributed by atoms with E-state index in [9.17, 15) is 0 Å². The molecule has 1 aromatic carbocycles. The molecule has 0 saturated carbocycles. The van der Waals surface area contributed by atoms with E-state index in [1.54, 1.807) is 11.3 Å². The van der Waals surface area contributed by atoms with Gasteiger partial charge in [-0.3, -0.25) is 4.90 Å². The maximum Gasteiger partial charge on any atom is 0.128 e. The average Bonchev–Trinajstić information content (AvgIpc) is 3.79. The molecule has 2 aromatic heterocycles. The van der Waals surface area contributed by atoms with Crippen molar-refractivity contribution in [1.29, 1.82) is 0 Å². The molecule has 0 atom stereocenters. The minimum Gasteiger partial charge on any atom is -0.379 e. The summed E-state index contributed by atoms with van der Waals surface area (Å²) in [5.74, 6) is 1.08. The molecule has 254 valence electrons. The lowest BCUT2D eigenvalue weighted by molar-refractivity contribution is -0.0170. The van der Waals surface area contributed by atoms with Gasteiger partial charge >= 0.3 is 0 Å². The number of hydrogen-bond donors (Lipinski definition) is 0. The zero-order valence-electron chi connectivity index (χ0n) is 27.4. The minimum absolute atomic E-state index is 0.554. The zero-order chi connectivity index (χ0) is 31.7. The zero-order valence-corrected chi connectivity index (χ0v) is 28.2. The van der Waals surface area contributed by atoms with Crippen molar-refractivity contribution in [3.63, 3.8) is 0 Å². The van der Waals surface area contributed by atoms with Crippen molar-refractivity contribution in [2.75, 3.05) is 135 Å². The Morgan fingerprint density at radius 2 is 1.26 bits per heavy atom. The number of aromatic nitrogens is 2. The normalized spacial score (nSPS) is 15.8. The van der Waals surface area contributed by atoms with Crippen LogP contribution < -0.4 is 9.80 Å². The van der Waals surface area contributed by atoms with Crippen molar-refractivity contribution < 1.29 is 28.4 Å². The van der Waals surface area contributed by atoms with Crippen molar-refractivity contribution in [3.8, 4) is 10.6 Å². The van der Waals surface area contributed by atoms with Gasteiger partial charge in [-0.1, -0.05) is 0 Å². The second-order valence-electron chi connectivity index (χ2n) is 11.4. The van der Waals surface area contributed by atoms with Crippen molar-refractivity contribution in [3.05, 3.63) is 36.5 Å². The lowest BCUT2D eigenvalue weighted by Gasteiger charge is -2.36. The fourth-order valence-electron chi connectivity index (χ4n) is 5.55. The Labute approximate surface area is 277 Å². The predicted octanol–water partition coefficient (Wildman–Crippen LogP) is 4.20. The molecule has 2 aliphatic rings. The third-order valence-corrected chi connectivity index (χ3v) is 9.22. The molecule has 2 saturated heterocycles. The van der Waals surface area contributed by atoms with E-state index in [-0.39, 0.29) is 0 Å². The summed E-state index contributed by atoms with van der Waals surface area (Å²) in [6.07, 6.45) is 4.49. The summed E-state index contributed by atoms with van der Waals surface area (Å²) in [6, 6.07) is 11.0. The predicted molar refractivity (Wildman–Crippen MR) is 184 cm³/mol. The molecule has 0 radical (unpaired) electrons. The second-order valence-corrected chi connectivity index (χ2v) is 12.4. The Bertz CT molecular complexity index is 1250. The summed E-state index contributed by atoms with van der Waals surface area (Å²) in [5.41, 5.74) is 3.41. The Morgan fingerprint density at radius 3 is 1.85 bits per heavy atom. The van der Waals surface area contributed by atoms with Gasteiger partial charge in [-0.15, -0.1) is 11.3 Å². The molecule has 2 fully saturated rings. The summed E-state index contributed by atoms with van der Waals surface area (Å²) in [5, 5.41) is 1.03. The highest BCUT2D eigenvalue weighted by atomic mass is 32.1. The summed E-state index contributed by atoms with van der Waals surface area (Å²) in [6.45, 7) is 16.4. The summed E-state index contributed by atoms with van der Waals surface area (Å²) >= 11 is 1.75.